The number of nitrogens with one attached hydrogen (secondary N) is 1. The minimum Gasteiger partial charge on any atom is -0.444 e. The molecule has 1 aromatic heterocycles. The Balaban J connectivity index is 1.77. The van der Waals surface area contributed by atoms with Gasteiger partial charge < -0.3 is 19.6 Å². The molecule has 1 aromatic rings. The van der Waals surface area contributed by atoms with E-state index in [1.54, 1.807) is 16.8 Å². The van der Waals surface area contributed by atoms with E-state index in [1.165, 1.54) is 0 Å². The fraction of sp³-hybridized carbons (Fsp3) is 0.706. The summed E-state index contributed by atoms with van der Waals surface area (Å²) in [5, 5.41) is 16.7. The van der Waals surface area contributed by atoms with Crippen LogP contribution in [0, 0.1) is 0 Å². The predicted octanol–water partition coefficient (Wildman–Crippen LogP) is 1.30. The molecule has 1 aliphatic heterocycles. The summed E-state index contributed by atoms with van der Waals surface area (Å²) in [6.07, 6.45) is 1.80. The van der Waals surface area contributed by atoms with Gasteiger partial charge >= 0.3 is 6.09 Å². The Morgan fingerprint density at radius 1 is 1.40 bits per heavy atom. The van der Waals surface area contributed by atoms with Crippen molar-refractivity contribution < 1.29 is 19.4 Å². The second-order valence-corrected chi connectivity index (χ2v) is 7.93. The Morgan fingerprint density at radius 3 is 2.64 bits per heavy atom. The Kier molecular flexibility index (Phi) is 4.26. The van der Waals surface area contributed by atoms with Crippen LogP contribution in [-0.2, 0) is 17.7 Å². The molecule has 2 N–H and O–H groups in total. The van der Waals surface area contributed by atoms with E-state index in [-0.39, 0.29) is 18.6 Å². The van der Waals surface area contributed by atoms with E-state index in [9.17, 15) is 14.7 Å². The lowest BCUT2D eigenvalue weighted by molar-refractivity contribution is 0.0221. The molecule has 0 radical (unpaired) electrons. The van der Waals surface area contributed by atoms with Gasteiger partial charge in [-0.25, -0.2) is 4.79 Å². The topological polar surface area (TPSA) is 98.8 Å². The molecule has 0 unspecified atom stereocenters. The minimum atomic E-state index is -0.563. The number of amides is 2. The summed E-state index contributed by atoms with van der Waals surface area (Å²) in [7, 11) is 1.70. The molecule has 2 aliphatic rings. The van der Waals surface area contributed by atoms with Crippen LogP contribution < -0.4 is 0 Å². The molecule has 0 atom stereocenters. The number of aromatic nitrogens is 2. The van der Waals surface area contributed by atoms with E-state index in [1.807, 2.05) is 20.8 Å². The van der Waals surface area contributed by atoms with E-state index in [4.69, 9.17) is 4.74 Å². The summed E-state index contributed by atoms with van der Waals surface area (Å²) in [5.74, 6) is -0.227. The van der Waals surface area contributed by atoms with Crippen LogP contribution in [0.4, 0.5) is 4.79 Å². The Labute approximate surface area is 147 Å². The minimum absolute atomic E-state index is 0.0497. The maximum atomic E-state index is 12.8. The highest BCUT2D eigenvalue weighted by Gasteiger charge is 2.49. The van der Waals surface area contributed by atoms with Crippen molar-refractivity contribution in [3.8, 4) is 0 Å². The highest BCUT2D eigenvalue weighted by atomic mass is 16.6. The third-order valence-electron chi connectivity index (χ3n) is 4.93. The van der Waals surface area contributed by atoms with E-state index < -0.39 is 11.1 Å². The number of likely N-dealkylation sites (N-methyl/N-ethyl adjacent to an activating group) is 1. The van der Waals surface area contributed by atoms with Gasteiger partial charge in [0.2, 0.25) is 0 Å². The van der Waals surface area contributed by atoms with Crippen molar-refractivity contribution in [1.82, 2.24) is 20.0 Å². The van der Waals surface area contributed by atoms with E-state index in [0.29, 0.717) is 25.2 Å². The van der Waals surface area contributed by atoms with Gasteiger partial charge in [-0.15, -0.1) is 0 Å². The molecule has 1 fully saturated rings. The number of hydrogen-bond donors (Lipinski definition) is 2. The first-order valence-corrected chi connectivity index (χ1v) is 8.60. The first-order valence-electron chi connectivity index (χ1n) is 8.60. The zero-order valence-corrected chi connectivity index (χ0v) is 15.3. The molecule has 0 bridgehead atoms. The highest BCUT2D eigenvalue weighted by molar-refractivity contribution is 5.94. The number of H-pyrrole nitrogens is 1. The maximum absolute atomic E-state index is 12.8. The van der Waals surface area contributed by atoms with Crippen molar-refractivity contribution in [1.29, 1.82) is 0 Å². The maximum Gasteiger partial charge on any atom is 0.410 e. The smallest absolute Gasteiger partial charge is 0.410 e. The normalized spacial score (nSPS) is 18.5. The zero-order valence-electron chi connectivity index (χ0n) is 15.3. The average molecular weight is 350 g/mol. The summed E-state index contributed by atoms with van der Waals surface area (Å²) in [6, 6.07) is 0. The van der Waals surface area contributed by atoms with Gasteiger partial charge in [-0.3, -0.25) is 9.89 Å². The Morgan fingerprint density at radius 2 is 2.08 bits per heavy atom. The summed E-state index contributed by atoms with van der Waals surface area (Å²) in [4.78, 5) is 28.3. The number of aliphatic hydroxyl groups excluding tert-OH is 1. The fourth-order valence-electron chi connectivity index (χ4n) is 3.07. The van der Waals surface area contributed by atoms with Crippen LogP contribution >= 0.6 is 0 Å². The largest absolute Gasteiger partial charge is 0.444 e. The number of aromatic amines is 1. The first kappa shape index (κ1) is 17.7. The van der Waals surface area contributed by atoms with Crippen molar-refractivity contribution in [2.45, 2.75) is 57.7 Å². The zero-order chi connectivity index (χ0) is 18.4. The Bertz CT molecular complexity index is 687. The van der Waals surface area contributed by atoms with Gasteiger partial charge in [-0.2, -0.15) is 5.10 Å². The highest BCUT2D eigenvalue weighted by Crippen LogP contribution is 2.41. The van der Waals surface area contributed by atoms with E-state index in [0.717, 1.165) is 24.1 Å². The van der Waals surface area contributed by atoms with Crippen LogP contribution in [0.25, 0.3) is 0 Å². The summed E-state index contributed by atoms with van der Waals surface area (Å²) in [5.41, 5.74) is 0.924. The molecular formula is C17H26N4O4. The van der Waals surface area contributed by atoms with Crippen LogP contribution in [0.1, 0.15) is 55.4 Å². The average Bonchev–Trinajstić information content (AvgIpc) is 3.24. The number of nitrogens with zero attached hydrogens (tertiary/aromatic N) is 3. The molecule has 2 amide bonds. The molecule has 25 heavy (non-hydrogen) atoms. The van der Waals surface area contributed by atoms with Crippen molar-refractivity contribution in [2.75, 3.05) is 20.2 Å². The predicted molar refractivity (Wildman–Crippen MR) is 90.1 cm³/mol. The number of carbonyl (C=O) groups is 2. The van der Waals surface area contributed by atoms with Crippen LogP contribution in [0.2, 0.25) is 0 Å². The second-order valence-electron chi connectivity index (χ2n) is 7.93. The Hall–Kier alpha value is -2.09. The lowest BCUT2D eigenvalue weighted by atomic mass is 10.0. The third kappa shape index (κ3) is 3.35. The number of ether oxygens (including phenoxy) is 1. The number of carbonyl (C=O) groups excluding carboxylic acids is 2. The monoisotopic (exact) mass is 350 g/mol. The molecule has 3 rings (SSSR count). The van der Waals surface area contributed by atoms with Gasteiger partial charge in [0.05, 0.1) is 18.7 Å². The quantitative estimate of drug-likeness (QED) is 0.856. The number of hydrogen-bond acceptors (Lipinski definition) is 5. The molecule has 1 aliphatic carbocycles. The SMILES string of the molecule is CN(C(=O)c1n[nH]c2c1CN(C(=O)OC(C)(C)C)CC2)C1(CO)CC1. The molecule has 8 heteroatoms. The number of rotatable bonds is 3. The van der Waals surface area contributed by atoms with Gasteiger partial charge in [0, 0.05) is 31.3 Å². The van der Waals surface area contributed by atoms with Crippen molar-refractivity contribution in [3.05, 3.63) is 17.0 Å². The molecule has 0 saturated heterocycles. The van der Waals surface area contributed by atoms with Crippen LogP contribution in [0.5, 0.6) is 0 Å². The molecule has 138 valence electrons. The van der Waals surface area contributed by atoms with Crippen molar-refractivity contribution in [2.24, 2.45) is 0 Å². The second kappa shape index (κ2) is 6.01. The van der Waals surface area contributed by atoms with Gasteiger partial charge in [-0.05, 0) is 33.6 Å². The molecule has 0 aromatic carbocycles. The van der Waals surface area contributed by atoms with Gasteiger partial charge in [0.25, 0.3) is 5.91 Å². The summed E-state index contributed by atoms with van der Waals surface area (Å²) < 4.78 is 5.43. The summed E-state index contributed by atoms with van der Waals surface area (Å²) >= 11 is 0. The molecule has 0 spiro atoms. The lowest BCUT2D eigenvalue weighted by Gasteiger charge is -2.30. The lowest BCUT2D eigenvalue weighted by Crippen LogP contribution is -2.43. The molecular weight excluding hydrogens is 324 g/mol. The molecule has 8 nitrogen and oxygen atoms in total. The molecule has 2 heterocycles. The van der Waals surface area contributed by atoms with Crippen LogP contribution in [0.3, 0.4) is 0 Å². The van der Waals surface area contributed by atoms with Gasteiger partial charge in [0.1, 0.15) is 5.60 Å². The standard InChI is InChI=1S/C17H26N4O4/c1-16(2,3)25-15(24)21-8-5-12-11(9-21)13(19-18-12)14(23)20(4)17(10-22)6-7-17/h22H,5-10H2,1-4H3,(H,18,19). The van der Waals surface area contributed by atoms with Crippen molar-refractivity contribution in [3.63, 3.8) is 0 Å². The first-order chi connectivity index (χ1) is 11.7. The number of aliphatic hydroxyl groups is 1. The number of fused-ring (bicyclic) bond motifs is 1. The van der Waals surface area contributed by atoms with E-state index in [2.05, 4.69) is 10.2 Å². The molecule has 1 saturated carbocycles. The van der Waals surface area contributed by atoms with E-state index >= 15 is 0 Å². The van der Waals surface area contributed by atoms with Gasteiger partial charge in [-0.1, -0.05) is 0 Å². The van der Waals surface area contributed by atoms with Gasteiger partial charge in [0.15, 0.2) is 5.69 Å². The summed E-state index contributed by atoms with van der Waals surface area (Å²) in [6.45, 7) is 6.24. The fourth-order valence-corrected chi connectivity index (χ4v) is 3.07. The van der Waals surface area contributed by atoms with Crippen molar-refractivity contribution >= 4 is 12.0 Å². The van der Waals surface area contributed by atoms with Crippen LogP contribution in [-0.4, -0.2) is 68.4 Å². The van der Waals surface area contributed by atoms with Crippen LogP contribution in [0.15, 0.2) is 0 Å². The third-order valence-corrected chi connectivity index (χ3v) is 4.93.